The zero-order valence-corrected chi connectivity index (χ0v) is 3.57. The minimum atomic E-state index is -2.63. The van der Waals surface area contributed by atoms with Crippen LogP contribution in [0, 0.1) is 0 Å². The van der Waals surface area contributed by atoms with Crippen LogP contribution in [0.2, 0.25) is 0 Å². The highest BCUT2D eigenvalue weighted by Gasteiger charge is 2.07. The first kappa shape index (κ1) is 6.75. The van der Waals surface area contributed by atoms with Gasteiger partial charge in [0.15, 0.2) is 6.30 Å². The van der Waals surface area contributed by atoms with Crippen LogP contribution in [0.15, 0.2) is 0 Å². The first-order valence-corrected chi connectivity index (χ1v) is 1.80. The second-order valence-corrected chi connectivity index (χ2v) is 1.14. The summed E-state index contributed by atoms with van der Waals surface area (Å²) >= 11 is 0. The van der Waals surface area contributed by atoms with Gasteiger partial charge in [0.05, 0.1) is 6.42 Å². The van der Waals surface area contributed by atoms with Gasteiger partial charge >= 0.3 is 0 Å². The van der Waals surface area contributed by atoms with Gasteiger partial charge in [-0.15, -0.1) is 0 Å². The van der Waals surface area contributed by atoms with E-state index in [1.54, 1.807) is 0 Å². The van der Waals surface area contributed by atoms with Crippen molar-refractivity contribution in [2.45, 2.75) is 19.1 Å². The van der Waals surface area contributed by atoms with Crippen LogP contribution in [0.5, 0.6) is 0 Å². The van der Waals surface area contributed by atoms with Gasteiger partial charge in [-0.2, -0.15) is 0 Å². The minimum absolute atomic E-state index is 0.861. The van der Waals surface area contributed by atoms with Crippen molar-refractivity contribution in [3.8, 4) is 0 Å². The fourth-order valence-corrected chi connectivity index (χ4v) is 0.170. The second kappa shape index (κ2) is 2.85. The molecule has 0 rings (SSSR count). The molecule has 1 atom stereocenters. The van der Waals surface area contributed by atoms with Crippen LogP contribution >= 0.6 is 0 Å². The molecule has 0 radical (unpaired) electrons. The molecule has 0 bridgehead atoms. The first-order valence-electron chi connectivity index (χ1n) is 1.80. The molecule has 0 aromatic carbocycles. The lowest BCUT2D eigenvalue weighted by Crippen LogP contribution is -2.16. The first-order chi connectivity index (χ1) is 3.13. The summed E-state index contributed by atoms with van der Waals surface area (Å²) in [4.78, 5) is 0. The van der Waals surface area contributed by atoms with Crippen LogP contribution in [-0.2, 0) is 0 Å². The molecule has 0 saturated carbocycles. The molecule has 1 unspecified atom stereocenters. The fraction of sp³-hybridized carbons (Fsp3) is 1.00. The van der Waals surface area contributed by atoms with E-state index in [4.69, 9.17) is 0 Å². The molecule has 4 heteroatoms. The molecule has 7 heavy (non-hydrogen) atoms. The summed E-state index contributed by atoms with van der Waals surface area (Å²) in [5.74, 6) is 0. The van der Waals surface area contributed by atoms with Crippen LogP contribution in [0.4, 0.5) is 13.2 Å². The molecule has 0 saturated heterocycles. The Morgan fingerprint density at radius 1 is 1.29 bits per heavy atom. The molecular weight excluding hydrogens is 107 g/mol. The summed E-state index contributed by atoms with van der Waals surface area (Å²) in [6, 6.07) is 0. The third-order valence-electron chi connectivity index (χ3n) is 0.403. The Kier molecular flexibility index (Phi) is 2.75. The monoisotopic (exact) mass is 113 g/mol. The third-order valence-corrected chi connectivity index (χ3v) is 0.403. The van der Waals surface area contributed by atoms with E-state index in [9.17, 15) is 13.2 Å². The standard InChI is InChI=1S/C3H6F3N/c4-2(5)1-3(6)7/h2-3H,1,7H2. The Labute approximate surface area is 39.3 Å². The maximum Gasteiger partial charge on any atom is 0.242 e. The molecule has 0 aromatic heterocycles. The van der Waals surface area contributed by atoms with Gasteiger partial charge in [0.1, 0.15) is 0 Å². The molecule has 0 fully saturated rings. The number of hydrogen-bond donors (Lipinski definition) is 1. The molecule has 0 aliphatic heterocycles. The normalized spacial score (nSPS) is 15.0. The summed E-state index contributed by atoms with van der Waals surface area (Å²) in [6.45, 7) is 0. The minimum Gasteiger partial charge on any atom is -0.302 e. The van der Waals surface area contributed by atoms with Crippen LogP contribution in [0.25, 0.3) is 0 Å². The lowest BCUT2D eigenvalue weighted by Gasteiger charge is -1.96. The van der Waals surface area contributed by atoms with Gasteiger partial charge in [0.25, 0.3) is 0 Å². The van der Waals surface area contributed by atoms with Crippen molar-refractivity contribution in [1.29, 1.82) is 0 Å². The van der Waals surface area contributed by atoms with Gasteiger partial charge in [-0.3, -0.25) is 0 Å². The molecule has 0 aromatic rings. The molecule has 0 heterocycles. The number of nitrogens with two attached hydrogens (primary N) is 1. The van der Waals surface area contributed by atoms with Crippen LogP contribution < -0.4 is 5.73 Å². The SMILES string of the molecule is NC(F)CC(F)F. The van der Waals surface area contributed by atoms with E-state index in [0.717, 1.165) is 0 Å². The van der Waals surface area contributed by atoms with Crippen LogP contribution in [0.3, 0.4) is 0 Å². The Bertz CT molecular complexity index is 39.4. The van der Waals surface area contributed by atoms with Crippen molar-refractivity contribution in [3.05, 3.63) is 0 Å². The van der Waals surface area contributed by atoms with Crippen molar-refractivity contribution in [1.82, 2.24) is 0 Å². The topological polar surface area (TPSA) is 26.0 Å². The largest absolute Gasteiger partial charge is 0.302 e. The Morgan fingerprint density at radius 2 is 1.71 bits per heavy atom. The Hall–Kier alpha value is -0.250. The van der Waals surface area contributed by atoms with Gasteiger partial charge in [0.2, 0.25) is 6.43 Å². The zero-order chi connectivity index (χ0) is 5.86. The zero-order valence-electron chi connectivity index (χ0n) is 3.57. The molecule has 0 spiro atoms. The Balaban J connectivity index is 2.95. The Morgan fingerprint density at radius 3 is 1.71 bits per heavy atom. The molecule has 44 valence electrons. The van der Waals surface area contributed by atoms with E-state index in [1.165, 1.54) is 0 Å². The molecule has 0 amide bonds. The van der Waals surface area contributed by atoms with Crippen molar-refractivity contribution >= 4 is 0 Å². The summed E-state index contributed by atoms with van der Waals surface area (Å²) in [5.41, 5.74) is 4.35. The average Bonchev–Trinajstić information content (AvgIpc) is 1.27. The predicted molar refractivity (Wildman–Crippen MR) is 19.7 cm³/mol. The lowest BCUT2D eigenvalue weighted by atomic mass is 10.4. The highest BCUT2D eigenvalue weighted by molar-refractivity contribution is 4.45. The average molecular weight is 113 g/mol. The summed E-state index contributed by atoms with van der Waals surface area (Å²) in [5, 5.41) is 0. The van der Waals surface area contributed by atoms with Crippen molar-refractivity contribution < 1.29 is 13.2 Å². The molecule has 0 aliphatic rings. The fourth-order valence-electron chi connectivity index (χ4n) is 0.170. The molecule has 2 N–H and O–H groups in total. The number of halogens is 3. The highest BCUT2D eigenvalue weighted by Crippen LogP contribution is 2.01. The number of alkyl halides is 3. The number of hydrogen-bond acceptors (Lipinski definition) is 1. The van der Waals surface area contributed by atoms with E-state index in [-0.39, 0.29) is 0 Å². The van der Waals surface area contributed by atoms with E-state index < -0.39 is 19.1 Å². The van der Waals surface area contributed by atoms with Gasteiger partial charge < -0.3 is 5.73 Å². The molecule has 0 aliphatic carbocycles. The van der Waals surface area contributed by atoms with E-state index >= 15 is 0 Å². The maximum atomic E-state index is 11.2. The molecular formula is C3H6F3N. The van der Waals surface area contributed by atoms with E-state index in [2.05, 4.69) is 5.73 Å². The van der Waals surface area contributed by atoms with Crippen molar-refractivity contribution in [2.24, 2.45) is 5.73 Å². The molecule has 1 nitrogen and oxygen atoms in total. The van der Waals surface area contributed by atoms with Gasteiger partial charge in [-0.05, 0) is 0 Å². The lowest BCUT2D eigenvalue weighted by molar-refractivity contribution is 0.102. The van der Waals surface area contributed by atoms with Gasteiger partial charge in [-0.1, -0.05) is 0 Å². The van der Waals surface area contributed by atoms with E-state index in [1.807, 2.05) is 0 Å². The third kappa shape index (κ3) is 5.75. The second-order valence-electron chi connectivity index (χ2n) is 1.14. The summed E-state index contributed by atoms with van der Waals surface area (Å²) in [6.07, 6.45) is -5.36. The van der Waals surface area contributed by atoms with Gasteiger partial charge in [-0.25, -0.2) is 13.2 Å². The van der Waals surface area contributed by atoms with Crippen LogP contribution in [-0.4, -0.2) is 12.7 Å². The highest BCUT2D eigenvalue weighted by atomic mass is 19.3. The van der Waals surface area contributed by atoms with E-state index in [0.29, 0.717) is 0 Å². The quantitative estimate of drug-likeness (QED) is 0.529. The number of rotatable bonds is 2. The predicted octanol–water partition coefficient (Wildman–Crippen LogP) is 0.896. The van der Waals surface area contributed by atoms with Gasteiger partial charge in [0, 0.05) is 0 Å². The maximum absolute atomic E-state index is 11.2. The summed E-state index contributed by atoms with van der Waals surface area (Å²) in [7, 11) is 0. The van der Waals surface area contributed by atoms with Crippen molar-refractivity contribution in [3.63, 3.8) is 0 Å². The summed E-state index contributed by atoms with van der Waals surface area (Å²) < 4.78 is 33.2. The van der Waals surface area contributed by atoms with Crippen LogP contribution in [0.1, 0.15) is 6.42 Å². The smallest absolute Gasteiger partial charge is 0.242 e. The van der Waals surface area contributed by atoms with Crippen molar-refractivity contribution in [2.75, 3.05) is 0 Å².